The third-order valence-electron chi connectivity index (χ3n) is 3.10. The van der Waals surface area contributed by atoms with Crippen molar-refractivity contribution >= 4 is 30.0 Å². The first-order chi connectivity index (χ1) is 9.31. The van der Waals surface area contributed by atoms with Crippen LogP contribution in [0.5, 0.6) is 0 Å². The number of carbonyl (C=O) groups excluding carboxylic acids is 1. The highest BCUT2D eigenvalue weighted by Crippen LogP contribution is 2.16. The molecule has 0 bridgehead atoms. The second-order valence-electron chi connectivity index (χ2n) is 4.77. The molecule has 1 aromatic rings. The third kappa shape index (κ3) is 6.10. The summed E-state index contributed by atoms with van der Waals surface area (Å²) < 4.78 is 13.6. The molecule has 1 unspecified atom stereocenters. The first-order valence-corrected chi connectivity index (χ1v) is 6.30. The molecule has 5 nitrogen and oxygen atoms in total. The minimum atomic E-state index is -0.922. The van der Waals surface area contributed by atoms with E-state index in [1.165, 1.54) is 12.1 Å². The zero-order chi connectivity index (χ0) is 15.3. The van der Waals surface area contributed by atoms with Crippen LogP contribution in [0, 0.1) is 12.7 Å². The fraction of sp³-hybridized carbons (Fsp3) is 0.429. The molecule has 0 aliphatic rings. The zero-order valence-electron chi connectivity index (χ0n) is 12.2. The molecule has 21 heavy (non-hydrogen) atoms. The van der Waals surface area contributed by atoms with E-state index in [1.54, 1.807) is 31.9 Å². The van der Waals surface area contributed by atoms with Crippen LogP contribution in [-0.2, 0) is 9.59 Å². The standard InChI is InChI=1S/C14H19FN2O3.ClH/c1-9-4-5-12(11(15)8-9)16-14(20)10(2)17(3)7-6-13(18)19;/h4-5,8,10H,6-7H2,1-3H3,(H,16,20)(H,18,19);1H. The van der Waals surface area contributed by atoms with Crippen molar-refractivity contribution in [2.45, 2.75) is 26.3 Å². The van der Waals surface area contributed by atoms with Crippen molar-refractivity contribution in [3.63, 3.8) is 0 Å². The van der Waals surface area contributed by atoms with Gasteiger partial charge in [0.1, 0.15) is 5.82 Å². The van der Waals surface area contributed by atoms with E-state index in [9.17, 15) is 14.0 Å². The molecule has 0 aliphatic heterocycles. The van der Waals surface area contributed by atoms with Crippen molar-refractivity contribution in [1.29, 1.82) is 0 Å². The Labute approximate surface area is 129 Å². The number of hydrogen-bond donors (Lipinski definition) is 2. The maximum Gasteiger partial charge on any atom is 0.304 e. The summed E-state index contributed by atoms with van der Waals surface area (Å²) in [5, 5.41) is 11.1. The predicted octanol–water partition coefficient (Wildman–Crippen LogP) is 2.29. The predicted molar refractivity (Wildman–Crippen MR) is 81.4 cm³/mol. The molecule has 0 fully saturated rings. The van der Waals surface area contributed by atoms with E-state index in [1.807, 2.05) is 0 Å². The van der Waals surface area contributed by atoms with Crippen molar-refractivity contribution in [3.8, 4) is 0 Å². The van der Waals surface area contributed by atoms with Gasteiger partial charge in [0.2, 0.25) is 5.91 Å². The maximum absolute atomic E-state index is 13.6. The molecule has 0 aromatic heterocycles. The van der Waals surface area contributed by atoms with Crippen molar-refractivity contribution < 1.29 is 19.1 Å². The summed E-state index contributed by atoms with van der Waals surface area (Å²) in [5.74, 6) is -1.78. The minimum Gasteiger partial charge on any atom is -0.481 e. The lowest BCUT2D eigenvalue weighted by atomic mass is 10.2. The number of halogens is 2. The van der Waals surface area contributed by atoms with Crippen molar-refractivity contribution in [1.82, 2.24) is 4.90 Å². The molecule has 0 spiro atoms. The zero-order valence-corrected chi connectivity index (χ0v) is 13.0. The van der Waals surface area contributed by atoms with Crippen LogP contribution in [0.15, 0.2) is 18.2 Å². The van der Waals surface area contributed by atoms with Crippen LogP contribution in [0.3, 0.4) is 0 Å². The highest BCUT2D eigenvalue weighted by molar-refractivity contribution is 5.94. The lowest BCUT2D eigenvalue weighted by molar-refractivity contribution is -0.137. The van der Waals surface area contributed by atoms with Crippen LogP contribution >= 0.6 is 12.4 Å². The summed E-state index contributed by atoms with van der Waals surface area (Å²) in [6.45, 7) is 3.65. The lowest BCUT2D eigenvalue weighted by Crippen LogP contribution is -2.40. The summed E-state index contributed by atoms with van der Waals surface area (Å²) in [4.78, 5) is 24.1. The Kier molecular flexibility index (Phi) is 7.91. The number of aryl methyl sites for hydroxylation is 1. The first-order valence-electron chi connectivity index (χ1n) is 6.30. The molecule has 0 saturated heterocycles. The van der Waals surface area contributed by atoms with Gasteiger partial charge in [0.25, 0.3) is 0 Å². The largest absolute Gasteiger partial charge is 0.481 e. The van der Waals surface area contributed by atoms with Crippen molar-refractivity contribution in [2.24, 2.45) is 0 Å². The normalized spacial score (nSPS) is 11.7. The van der Waals surface area contributed by atoms with E-state index >= 15 is 0 Å². The van der Waals surface area contributed by atoms with Gasteiger partial charge in [0.15, 0.2) is 0 Å². The Morgan fingerprint density at radius 1 is 1.43 bits per heavy atom. The van der Waals surface area contributed by atoms with Crippen LogP contribution in [0.4, 0.5) is 10.1 Å². The minimum absolute atomic E-state index is 0. The van der Waals surface area contributed by atoms with Crippen LogP contribution in [0.2, 0.25) is 0 Å². The number of rotatable bonds is 6. The number of benzene rings is 1. The van der Waals surface area contributed by atoms with Gasteiger partial charge in [-0.25, -0.2) is 4.39 Å². The number of nitrogens with one attached hydrogen (secondary N) is 1. The van der Waals surface area contributed by atoms with E-state index in [0.29, 0.717) is 0 Å². The van der Waals surface area contributed by atoms with Gasteiger partial charge in [-0.3, -0.25) is 14.5 Å². The quantitative estimate of drug-likeness (QED) is 0.844. The Hall–Kier alpha value is -1.66. The molecule has 1 rings (SSSR count). The number of likely N-dealkylation sites (N-methyl/N-ethyl adjacent to an activating group) is 1. The van der Waals surface area contributed by atoms with Gasteiger partial charge >= 0.3 is 5.97 Å². The van der Waals surface area contributed by atoms with Crippen molar-refractivity contribution in [2.75, 3.05) is 18.9 Å². The molecular weight excluding hydrogens is 299 g/mol. The molecule has 1 aromatic carbocycles. The third-order valence-corrected chi connectivity index (χ3v) is 3.10. The second kappa shape index (κ2) is 8.59. The number of hydrogen-bond acceptors (Lipinski definition) is 3. The van der Waals surface area contributed by atoms with Gasteiger partial charge in [-0.2, -0.15) is 0 Å². The average Bonchev–Trinajstić information content (AvgIpc) is 2.38. The van der Waals surface area contributed by atoms with Gasteiger partial charge in [0, 0.05) is 6.54 Å². The molecule has 0 aliphatic carbocycles. The summed E-state index contributed by atoms with van der Waals surface area (Å²) in [7, 11) is 1.65. The highest BCUT2D eigenvalue weighted by atomic mass is 35.5. The molecule has 1 atom stereocenters. The average molecular weight is 319 g/mol. The number of carboxylic acid groups (broad SMARTS) is 1. The molecule has 7 heteroatoms. The number of carbonyl (C=O) groups is 2. The van der Waals surface area contributed by atoms with Gasteiger partial charge in [-0.15, -0.1) is 12.4 Å². The van der Waals surface area contributed by atoms with Crippen LogP contribution in [-0.4, -0.2) is 41.5 Å². The van der Waals surface area contributed by atoms with Crippen LogP contribution in [0.1, 0.15) is 18.9 Å². The summed E-state index contributed by atoms with van der Waals surface area (Å²) in [5.41, 5.74) is 0.895. The fourth-order valence-electron chi connectivity index (χ4n) is 1.62. The number of nitrogens with zero attached hydrogens (tertiary/aromatic N) is 1. The van der Waals surface area contributed by atoms with Crippen LogP contribution in [0.25, 0.3) is 0 Å². The van der Waals surface area contributed by atoms with Crippen LogP contribution < -0.4 is 5.32 Å². The smallest absolute Gasteiger partial charge is 0.304 e. The number of anilines is 1. The number of carboxylic acids is 1. The first kappa shape index (κ1) is 19.3. The van der Waals surface area contributed by atoms with E-state index in [0.717, 1.165) is 5.56 Å². The van der Waals surface area contributed by atoms with Gasteiger partial charge in [-0.1, -0.05) is 6.07 Å². The number of aliphatic carboxylic acids is 1. The molecule has 118 valence electrons. The fourth-order valence-corrected chi connectivity index (χ4v) is 1.62. The van der Waals surface area contributed by atoms with Gasteiger partial charge in [0.05, 0.1) is 18.2 Å². The molecule has 2 N–H and O–H groups in total. The Bertz CT molecular complexity index is 511. The molecule has 0 heterocycles. The second-order valence-corrected chi connectivity index (χ2v) is 4.77. The lowest BCUT2D eigenvalue weighted by Gasteiger charge is -2.23. The molecule has 0 saturated carbocycles. The van der Waals surface area contributed by atoms with E-state index in [4.69, 9.17) is 5.11 Å². The molecule has 1 amide bonds. The topological polar surface area (TPSA) is 69.6 Å². The SMILES string of the molecule is Cc1ccc(NC(=O)C(C)N(C)CCC(=O)O)c(F)c1.Cl. The summed E-state index contributed by atoms with van der Waals surface area (Å²) in [6.07, 6.45) is -0.0486. The summed E-state index contributed by atoms with van der Waals surface area (Å²) >= 11 is 0. The maximum atomic E-state index is 13.6. The Balaban J connectivity index is 0.00000400. The van der Waals surface area contributed by atoms with Gasteiger partial charge in [-0.05, 0) is 38.6 Å². The molecule has 0 radical (unpaired) electrons. The van der Waals surface area contributed by atoms with E-state index < -0.39 is 17.8 Å². The van der Waals surface area contributed by atoms with Crippen molar-refractivity contribution in [3.05, 3.63) is 29.6 Å². The van der Waals surface area contributed by atoms with Gasteiger partial charge < -0.3 is 10.4 Å². The molecular formula is C14H20ClFN2O3. The Morgan fingerprint density at radius 3 is 2.57 bits per heavy atom. The number of amides is 1. The Morgan fingerprint density at radius 2 is 2.05 bits per heavy atom. The highest BCUT2D eigenvalue weighted by Gasteiger charge is 2.19. The van der Waals surface area contributed by atoms with E-state index in [2.05, 4.69) is 5.32 Å². The summed E-state index contributed by atoms with van der Waals surface area (Å²) in [6, 6.07) is 4.01. The monoisotopic (exact) mass is 318 g/mol. The van der Waals surface area contributed by atoms with E-state index in [-0.39, 0.29) is 37.0 Å².